The molecule has 0 aromatic heterocycles. The van der Waals surface area contributed by atoms with Crippen molar-refractivity contribution >= 4 is 12.7 Å². The number of amidine groups is 1. The van der Waals surface area contributed by atoms with Gasteiger partial charge in [0.15, 0.2) is 0 Å². The lowest BCUT2D eigenvalue weighted by atomic mass is 10.1. The maximum atomic E-state index is 5.42. The van der Waals surface area contributed by atoms with Crippen LogP contribution in [0.5, 0.6) is 0 Å². The second-order valence-electron chi connectivity index (χ2n) is 4.35. The Hall–Kier alpha value is -1.12. The molecule has 1 aliphatic rings. The summed E-state index contributed by atoms with van der Waals surface area (Å²) in [5.41, 5.74) is 1.21. The number of ether oxygens (including phenoxy) is 1. The molecule has 3 heteroatoms. The van der Waals surface area contributed by atoms with Crippen LogP contribution in [-0.2, 0) is 4.74 Å². The summed E-state index contributed by atoms with van der Waals surface area (Å²) in [6.45, 7) is 10.5. The molecule has 0 radical (unpaired) electrons. The number of aliphatic imine (C=N–C) groups is 2. The molecule has 0 unspecified atom stereocenters. The van der Waals surface area contributed by atoms with E-state index >= 15 is 0 Å². The van der Waals surface area contributed by atoms with Gasteiger partial charge < -0.3 is 4.74 Å². The maximum Gasteiger partial charge on any atom is 0.315 e. The van der Waals surface area contributed by atoms with E-state index in [1.807, 2.05) is 6.20 Å². The molecule has 0 N–H and O–H groups in total. The van der Waals surface area contributed by atoms with Gasteiger partial charge in [0.05, 0.1) is 6.61 Å². The normalized spacial score (nSPS) is 18.1. The average molecular weight is 208 g/mol. The van der Waals surface area contributed by atoms with Crippen LogP contribution < -0.4 is 0 Å². The Morgan fingerprint density at radius 2 is 2.20 bits per heavy atom. The third-order valence-corrected chi connectivity index (χ3v) is 2.57. The topological polar surface area (TPSA) is 34.0 Å². The van der Waals surface area contributed by atoms with Crippen molar-refractivity contribution in [2.24, 2.45) is 21.8 Å². The number of hydrogen-bond donors (Lipinski definition) is 0. The summed E-state index contributed by atoms with van der Waals surface area (Å²) in [5.74, 6) is 1.22. The van der Waals surface area contributed by atoms with E-state index < -0.39 is 0 Å². The van der Waals surface area contributed by atoms with Gasteiger partial charge in [0.2, 0.25) is 0 Å². The number of rotatable bonds is 4. The molecule has 0 aromatic rings. The van der Waals surface area contributed by atoms with Crippen LogP contribution in [0, 0.1) is 11.8 Å². The van der Waals surface area contributed by atoms with Crippen molar-refractivity contribution in [1.82, 2.24) is 0 Å². The lowest BCUT2D eigenvalue weighted by Crippen LogP contribution is -2.04. The molecular weight excluding hydrogens is 188 g/mol. The van der Waals surface area contributed by atoms with E-state index in [0.717, 1.165) is 6.61 Å². The average Bonchev–Trinajstić information content (AvgIpc) is 3.01. The van der Waals surface area contributed by atoms with Crippen LogP contribution in [0.4, 0.5) is 0 Å². The maximum absolute atomic E-state index is 5.42. The third-order valence-electron chi connectivity index (χ3n) is 2.57. The van der Waals surface area contributed by atoms with Crippen LogP contribution in [0.25, 0.3) is 0 Å². The first-order valence-electron chi connectivity index (χ1n) is 5.47. The Morgan fingerprint density at radius 3 is 2.67 bits per heavy atom. The van der Waals surface area contributed by atoms with Crippen LogP contribution in [0.15, 0.2) is 21.8 Å². The number of nitrogens with zero attached hydrogens (tertiary/aromatic N) is 2. The third kappa shape index (κ3) is 4.77. The van der Waals surface area contributed by atoms with Crippen LogP contribution in [0.3, 0.4) is 0 Å². The lowest BCUT2D eigenvalue weighted by molar-refractivity contribution is 0.283. The van der Waals surface area contributed by atoms with Crippen molar-refractivity contribution in [3.63, 3.8) is 0 Å². The van der Waals surface area contributed by atoms with Crippen LogP contribution in [0.1, 0.15) is 33.6 Å². The summed E-state index contributed by atoms with van der Waals surface area (Å²) in [6, 6.07) is 0.391. The molecular formula is C12H20N2O. The number of hydrogen-bond acceptors (Lipinski definition) is 2. The van der Waals surface area contributed by atoms with E-state index in [0.29, 0.717) is 17.9 Å². The fourth-order valence-electron chi connectivity index (χ4n) is 0.907. The van der Waals surface area contributed by atoms with Crippen molar-refractivity contribution in [3.05, 3.63) is 11.8 Å². The zero-order chi connectivity index (χ0) is 11.3. The molecule has 3 nitrogen and oxygen atoms in total. The van der Waals surface area contributed by atoms with E-state index in [1.165, 1.54) is 18.4 Å². The SMILES string of the molecule is C=N/C(=N\C=C(/C)C(C)C)OCC1CC1. The summed E-state index contributed by atoms with van der Waals surface area (Å²) in [7, 11) is 0. The van der Waals surface area contributed by atoms with Crippen molar-refractivity contribution in [2.45, 2.75) is 33.6 Å². The highest BCUT2D eigenvalue weighted by atomic mass is 16.5. The molecule has 15 heavy (non-hydrogen) atoms. The van der Waals surface area contributed by atoms with Crippen molar-refractivity contribution in [1.29, 1.82) is 0 Å². The molecule has 84 valence electrons. The van der Waals surface area contributed by atoms with Crippen molar-refractivity contribution in [2.75, 3.05) is 6.61 Å². The highest BCUT2D eigenvalue weighted by Crippen LogP contribution is 2.28. The Bertz CT molecular complexity index is 275. The minimum atomic E-state index is 0.391. The Kier molecular flexibility index (Phi) is 4.53. The molecule has 0 atom stereocenters. The van der Waals surface area contributed by atoms with Crippen LogP contribution in [0.2, 0.25) is 0 Å². The molecule has 1 fully saturated rings. The van der Waals surface area contributed by atoms with Gasteiger partial charge in [-0.15, -0.1) is 0 Å². The summed E-state index contributed by atoms with van der Waals surface area (Å²) < 4.78 is 5.42. The van der Waals surface area contributed by atoms with E-state index in [4.69, 9.17) is 4.74 Å². The van der Waals surface area contributed by atoms with Gasteiger partial charge in [-0.05, 0) is 38.3 Å². The zero-order valence-corrected chi connectivity index (χ0v) is 9.86. The Labute approximate surface area is 92.0 Å². The monoisotopic (exact) mass is 208 g/mol. The van der Waals surface area contributed by atoms with Crippen molar-refractivity contribution < 1.29 is 4.74 Å². The predicted octanol–water partition coefficient (Wildman–Crippen LogP) is 3.03. The molecule has 1 aliphatic carbocycles. The Morgan fingerprint density at radius 1 is 1.53 bits per heavy atom. The second kappa shape index (κ2) is 5.69. The van der Waals surface area contributed by atoms with E-state index in [2.05, 4.69) is 37.5 Å². The number of allylic oxidation sites excluding steroid dienone is 1. The second-order valence-corrected chi connectivity index (χ2v) is 4.35. The minimum absolute atomic E-state index is 0.391. The van der Waals surface area contributed by atoms with Gasteiger partial charge in [0, 0.05) is 6.20 Å². The lowest BCUT2D eigenvalue weighted by Gasteiger charge is -2.04. The molecule has 0 heterocycles. The largest absolute Gasteiger partial charge is 0.463 e. The zero-order valence-electron chi connectivity index (χ0n) is 9.86. The molecule has 0 spiro atoms. The molecule has 1 saturated carbocycles. The predicted molar refractivity (Wildman–Crippen MR) is 64.3 cm³/mol. The van der Waals surface area contributed by atoms with Gasteiger partial charge in [-0.25, -0.2) is 9.98 Å². The van der Waals surface area contributed by atoms with E-state index in [9.17, 15) is 0 Å². The van der Waals surface area contributed by atoms with Gasteiger partial charge in [0.1, 0.15) is 0 Å². The molecule has 1 rings (SSSR count). The van der Waals surface area contributed by atoms with Crippen LogP contribution in [-0.4, -0.2) is 19.3 Å². The first-order chi connectivity index (χ1) is 7.13. The van der Waals surface area contributed by atoms with Gasteiger partial charge >= 0.3 is 6.02 Å². The fourth-order valence-corrected chi connectivity index (χ4v) is 0.907. The van der Waals surface area contributed by atoms with Crippen LogP contribution >= 0.6 is 0 Å². The highest BCUT2D eigenvalue weighted by Gasteiger charge is 2.22. The summed E-state index contributed by atoms with van der Waals surface area (Å²) in [6.07, 6.45) is 4.35. The van der Waals surface area contributed by atoms with Gasteiger partial charge in [-0.2, -0.15) is 0 Å². The molecule has 0 bridgehead atoms. The summed E-state index contributed by atoms with van der Waals surface area (Å²) in [4.78, 5) is 7.92. The highest BCUT2D eigenvalue weighted by molar-refractivity contribution is 5.79. The van der Waals surface area contributed by atoms with Gasteiger partial charge in [-0.3, -0.25) is 0 Å². The van der Waals surface area contributed by atoms with Gasteiger partial charge in [-0.1, -0.05) is 19.4 Å². The molecule has 0 amide bonds. The summed E-state index contributed by atoms with van der Waals surface area (Å²) in [5, 5.41) is 0. The van der Waals surface area contributed by atoms with E-state index in [-0.39, 0.29) is 0 Å². The van der Waals surface area contributed by atoms with E-state index in [1.54, 1.807) is 0 Å². The molecule has 0 aromatic carbocycles. The molecule has 0 aliphatic heterocycles. The standard InChI is InChI=1S/C12H20N2O/c1-9(2)10(3)7-14-12(13-4)15-8-11-5-6-11/h7,9,11H,4-6,8H2,1-3H3/b10-7+,14-12+. The fraction of sp³-hybridized carbons (Fsp3) is 0.667. The quantitative estimate of drug-likeness (QED) is 0.516. The first-order valence-corrected chi connectivity index (χ1v) is 5.47. The smallest absolute Gasteiger partial charge is 0.315 e. The first kappa shape index (κ1) is 12.0. The summed E-state index contributed by atoms with van der Waals surface area (Å²) >= 11 is 0. The van der Waals surface area contributed by atoms with Gasteiger partial charge in [0.25, 0.3) is 0 Å². The minimum Gasteiger partial charge on any atom is -0.463 e. The van der Waals surface area contributed by atoms with Crippen molar-refractivity contribution in [3.8, 4) is 0 Å². The molecule has 0 saturated heterocycles. The Balaban J connectivity index is 2.44.